The average Bonchev–Trinajstić information content (AvgIpc) is 2.15. The number of urea groups is 1. The lowest BCUT2D eigenvalue weighted by molar-refractivity contribution is 0.224. The lowest BCUT2D eigenvalue weighted by Gasteiger charge is -2.20. The smallest absolute Gasteiger partial charge is 0.329 e. The van der Waals surface area contributed by atoms with Gasteiger partial charge in [-0.1, -0.05) is 0 Å². The molecule has 0 fully saturated rings. The van der Waals surface area contributed by atoms with Gasteiger partial charge in [0.25, 0.3) is 0 Å². The van der Waals surface area contributed by atoms with Gasteiger partial charge in [0.15, 0.2) is 0 Å². The molecule has 0 aliphatic carbocycles. The minimum atomic E-state index is -0.301. The van der Waals surface area contributed by atoms with Crippen LogP contribution in [-0.4, -0.2) is 30.0 Å². The largest absolute Gasteiger partial charge is 0.338 e. The van der Waals surface area contributed by atoms with Gasteiger partial charge in [-0.05, 0) is 22.0 Å². The number of carbonyl (C=O) groups is 1. The zero-order chi connectivity index (χ0) is 10.7. The van der Waals surface area contributed by atoms with E-state index in [9.17, 15) is 4.79 Å². The molecule has 0 spiro atoms. The summed E-state index contributed by atoms with van der Waals surface area (Å²) in [5.41, 5.74) is 0.540. The van der Waals surface area contributed by atoms with Crippen LogP contribution >= 0.6 is 15.9 Å². The highest BCUT2D eigenvalue weighted by atomic mass is 79.9. The number of halogens is 1. The maximum Gasteiger partial charge on any atom is 0.338 e. The molecule has 1 aromatic heterocycles. The fraction of sp³-hybridized carbons (Fsp3) is 0.250. The zero-order valence-electron chi connectivity index (χ0n) is 7.94. The maximum absolute atomic E-state index is 11.4. The molecule has 2 N–H and O–H groups in total. The van der Waals surface area contributed by atoms with E-state index in [2.05, 4.69) is 20.9 Å². The number of hydrazine groups is 1. The molecular formula is C8H11BrN4O. The van der Waals surface area contributed by atoms with Crippen molar-refractivity contribution in [3.63, 3.8) is 0 Å². The predicted octanol–water partition coefficient (Wildman–Crippen LogP) is 1.21. The SMILES string of the molecule is CN(C)C(=O)N(N)c1cncc(Br)c1. The average molecular weight is 259 g/mol. The van der Waals surface area contributed by atoms with Crippen LogP contribution in [0.5, 0.6) is 0 Å². The normalized spacial score (nSPS) is 9.71. The van der Waals surface area contributed by atoms with Gasteiger partial charge in [-0.3, -0.25) is 4.98 Å². The number of pyridine rings is 1. The van der Waals surface area contributed by atoms with Crippen molar-refractivity contribution in [2.45, 2.75) is 0 Å². The first kappa shape index (κ1) is 10.9. The predicted molar refractivity (Wildman–Crippen MR) is 57.7 cm³/mol. The summed E-state index contributed by atoms with van der Waals surface area (Å²) in [5.74, 6) is 5.59. The van der Waals surface area contributed by atoms with E-state index in [4.69, 9.17) is 5.84 Å². The Balaban J connectivity index is 2.89. The highest BCUT2D eigenvalue weighted by Gasteiger charge is 2.13. The molecule has 0 aliphatic heterocycles. The van der Waals surface area contributed by atoms with Crippen molar-refractivity contribution >= 4 is 27.6 Å². The van der Waals surface area contributed by atoms with Gasteiger partial charge in [-0.2, -0.15) is 0 Å². The summed E-state index contributed by atoms with van der Waals surface area (Å²) in [6, 6.07) is 1.42. The molecule has 14 heavy (non-hydrogen) atoms. The number of anilines is 1. The number of hydrogen-bond acceptors (Lipinski definition) is 3. The first-order chi connectivity index (χ1) is 6.52. The Morgan fingerprint density at radius 3 is 2.64 bits per heavy atom. The van der Waals surface area contributed by atoms with E-state index >= 15 is 0 Å². The summed E-state index contributed by atoms with van der Waals surface area (Å²) in [7, 11) is 3.27. The molecule has 0 saturated carbocycles. The molecule has 2 amide bonds. The fourth-order valence-corrected chi connectivity index (χ4v) is 1.21. The molecule has 0 aromatic carbocycles. The van der Waals surface area contributed by atoms with E-state index in [-0.39, 0.29) is 6.03 Å². The molecule has 0 radical (unpaired) electrons. The van der Waals surface area contributed by atoms with Gasteiger partial charge in [-0.25, -0.2) is 15.6 Å². The Morgan fingerprint density at radius 2 is 2.14 bits per heavy atom. The molecule has 76 valence electrons. The van der Waals surface area contributed by atoms with Crippen molar-refractivity contribution in [2.24, 2.45) is 5.84 Å². The molecule has 6 heteroatoms. The molecular weight excluding hydrogens is 248 g/mol. The lowest BCUT2D eigenvalue weighted by Crippen LogP contribution is -2.44. The van der Waals surface area contributed by atoms with Crippen molar-refractivity contribution in [3.8, 4) is 0 Å². The minimum absolute atomic E-state index is 0.301. The third-order valence-electron chi connectivity index (χ3n) is 1.56. The molecule has 0 aliphatic rings. The standard InChI is InChI=1S/C8H11BrN4O/c1-12(2)8(14)13(10)7-3-6(9)4-11-5-7/h3-5H,10H2,1-2H3. The van der Waals surface area contributed by atoms with Gasteiger partial charge in [0.2, 0.25) is 0 Å². The number of nitrogens with two attached hydrogens (primary N) is 1. The summed E-state index contributed by atoms with van der Waals surface area (Å²) in [4.78, 5) is 16.7. The van der Waals surface area contributed by atoms with Crippen molar-refractivity contribution in [1.29, 1.82) is 0 Å². The summed E-state index contributed by atoms with van der Waals surface area (Å²) in [6.45, 7) is 0. The van der Waals surface area contributed by atoms with Gasteiger partial charge >= 0.3 is 6.03 Å². The van der Waals surface area contributed by atoms with Crippen LogP contribution in [0.4, 0.5) is 10.5 Å². The van der Waals surface area contributed by atoms with Gasteiger partial charge in [-0.15, -0.1) is 0 Å². The van der Waals surface area contributed by atoms with E-state index in [0.29, 0.717) is 5.69 Å². The third-order valence-corrected chi connectivity index (χ3v) is 1.99. The second-order valence-electron chi connectivity index (χ2n) is 2.91. The van der Waals surface area contributed by atoms with Crippen LogP contribution < -0.4 is 10.9 Å². The van der Waals surface area contributed by atoms with Crippen molar-refractivity contribution in [1.82, 2.24) is 9.88 Å². The van der Waals surface area contributed by atoms with Crippen molar-refractivity contribution < 1.29 is 4.79 Å². The quantitative estimate of drug-likeness (QED) is 0.468. The number of rotatable bonds is 1. The Labute approximate surface area is 90.6 Å². The molecule has 0 saturated heterocycles. The van der Waals surface area contributed by atoms with Gasteiger partial charge in [0.05, 0.1) is 11.9 Å². The highest BCUT2D eigenvalue weighted by molar-refractivity contribution is 9.10. The number of amides is 2. The number of hydrogen-bond donors (Lipinski definition) is 1. The van der Waals surface area contributed by atoms with Gasteiger partial charge < -0.3 is 4.90 Å². The second kappa shape index (κ2) is 4.39. The van der Waals surface area contributed by atoms with E-state index in [1.807, 2.05) is 0 Å². The van der Waals surface area contributed by atoms with Crippen LogP contribution in [0, 0.1) is 0 Å². The Hall–Kier alpha value is -1.14. The Kier molecular flexibility index (Phi) is 3.43. The summed E-state index contributed by atoms with van der Waals surface area (Å²) in [5, 5.41) is 1.04. The molecule has 0 atom stereocenters. The zero-order valence-corrected chi connectivity index (χ0v) is 9.52. The van der Waals surface area contributed by atoms with E-state index in [1.165, 1.54) is 11.1 Å². The molecule has 0 bridgehead atoms. The molecule has 1 heterocycles. The number of aromatic nitrogens is 1. The van der Waals surface area contributed by atoms with Crippen LogP contribution in [0.25, 0.3) is 0 Å². The van der Waals surface area contributed by atoms with Crippen molar-refractivity contribution in [3.05, 3.63) is 22.9 Å². The second-order valence-corrected chi connectivity index (χ2v) is 3.82. The van der Waals surface area contributed by atoms with Crippen LogP contribution in [0.3, 0.4) is 0 Å². The third kappa shape index (κ3) is 2.43. The van der Waals surface area contributed by atoms with Crippen LogP contribution in [0.1, 0.15) is 0 Å². The first-order valence-electron chi connectivity index (χ1n) is 3.89. The van der Waals surface area contributed by atoms with E-state index in [1.54, 1.807) is 26.4 Å². The fourth-order valence-electron chi connectivity index (χ4n) is 0.858. The monoisotopic (exact) mass is 258 g/mol. The maximum atomic E-state index is 11.4. The topological polar surface area (TPSA) is 62.5 Å². The number of nitrogens with zero attached hydrogens (tertiary/aromatic N) is 3. The van der Waals surface area contributed by atoms with E-state index in [0.717, 1.165) is 9.48 Å². The molecule has 0 unspecified atom stereocenters. The number of carbonyl (C=O) groups excluding carboxylic acids is 1. The minimum Gasteiger partial charge on any atom is -0.329 e. The Morgan fingerprint density at radius 1 is 1.50 bits per heavy atom. The lowest BCUT2D eigenvalue weighted by atomic mass is 10.4. The van der Waals surface area contributed by atoms with Crippen LogP contribution in [0.15, 0.2) is 22.9 Å². The van der Waals surface area contributed by atoms with Crippen molar-refractivity contribution in [2.75, 3.05) is 19.1 Å². The molecule has 5 nitrogen and oxygen atoms in total. The van der Waals surface area contributed by atoms with E-state index < -0.39 is 0 Å². The highest BCUT2D eigenvalue weighted by Crippen LogP contribution is 2.16. The molecule has 1 rings (SSSR count). The Bertz CT molecular complexity index is 342. The van der Waals surface area contributed by atoms with Gasteiger partial charge in [0.1, 0.15) is 0 Å². The van der Waals surface area contributed by atoms with Crippen LogP contribution in [-0.2, 0) is 0 Å². The van der Waals surface area contributed by atoms with Crippen LogP contribution in [0.2, 0.25) is 0 Å². The molecule has 1 aromatic rings. The summed E-state index contributed by atoms with van der Waals surface area (Å²) in [6.07, 6.45) is 3.14. The summed E-state index contributed by atoms with van der Waals surface area (Å²) >= 11 is 3.25. The summed E-state index contributed by atoms with van der Waals surface area (Å²) < 4.78 is 0.775. The van der Waals surface area contributed by atoms with Gasteiger partial charge in [0, 0.05) is 24.8 Å². The first-order valence-corrected chi connectivity index (χ1v) is 4.68.